The Morgan fingerprint density at radius 1 is 0.950 bits per heavy atom. The van der Waals surface area contributed by atoms with Crippen LogP contribution in [0.3, 0.4) is 0 Å². The van der Waals surface area contributed by atoms with Crippen LogP contribution in [0.15, 0.2) is 61.1 Å². The Bertz CT molecular complexity index is 927. The number of halogens is 1. The Balaban J connectivity index is 1.91. The van der Waals surface area contributed by atoms with Gasteiger partial charge in [0.25, 0.3) is 0 Å². The van der Waals surface area contributed by atoms with Crippen molar-refractivity contribution in [2.75, 3.05) is 0 Å². The van der Waals surface area contributed by atoms with Gasteiger partial charge < -0.3 is 0 Å². The van der Waals surface area contributed by atoms with Gasteiger partial charge in [-0.1, -0.05) is 0 Å². The maximum absolute atomic E-state index is 13.3. The molecule has 0 aliphatic rings. The second kappa shape index (κ2) is 4.13. The van der Waals surface area contributed by atoms with Gasteiger partial charge in [0.1, 0.15) is 5.82 Å². The van der Waals surface area contributed by atoms with Gasteiger partial charge in [-0.25, -0.2) is 8.91 Å². The topological polar surface area (TPSA) is 30.2 Å². The highest BCUT2D eigenvalue weighted by atomic mass is 19.1. The van der Waals surface area contributed by atoms with E-state index in [9.17, 15) is 4.39 Å². The molecule has 0 fully saturated rings. The fourth-order valence-corrected chi connectivity index (χ4v) is 2.36. The van der Waals surface area contributed by atoms with E-state index in [0.29, 0.717) is 0 Å². The molecule has 4 heteroatoms. The Morgan fingerprint density at radius 2 is 1.90 bits per heavy atom. The molecule has 0 aliphatic carbocycles. The molecule has 0 spiro atoms. The second-order valence-corrected chi connectivity index (χ2v) is 4.68. The van der Waals surface area contributed by atoms with Crippen LogP contribution >= 0.6 is 0 Å². The lowest BCUT2D eigenvalue weighted by Gasteiger charge is -2.04. The van der Waals surface area contributed by atoms with Crippen LogP contribution in [-0.2, 0) is 0 Å². The van der Waals surface area contributed by atoms with Gasteiger partial charge in [0.15, 0.2) is 0 Å². The fraction of sp³-hybridized carbons (Fsp3) is 0. The van der Waals surface area contributed by atoms with Crippen molar-refractivity contribution in [3.63, 3.8) is 0 Å². The summed E-state index contributed by atoms with van der Waals surface area (Å²) in [5, 5.41) is 4.97. The van der Waals surface area contributed by atoms with Gasteiger partial charge in [0.2, 0.25) is 0 Å². The largest absolute Gasteiger partial charge is 0.256 e. The Hall–Kier alpha value is -2.75. The molecule has 0 amide bonds. The average Bonchev–Trinajstić information content (AvgIpc) is 2.93. The molecule has 0 unspecified atom stereocenters. The molecule has 0 atom stereocenters. The minimum atomic E-state index is -0.248. The van der Waals surface area contributed by atoms with Crippen LogP contribution in [0.1, 0.15) is 0 Å². The third-order valence-corrected chi connectivity index (χ3v) is 3.38. The molecule has 0 saturated carbocycles. The molecule has 0 saturated heterocycles. The summed E-state index contributed by atoms with van der Waals surface area (Å²) in [5.74, 6) is -0.248. The van der Waals surface area contributed by atoms with E-state index in [1.54, 1.807) is 16.8 Å². The molecule has 0 aliphatic heterocycles. The lowest BCUT2D eigenvalue weighted by molar-refractivity contribution is 0.629. The highest BCUT2D eigenvalue weighted by Gasteiger charge is 2.03. The molecule has 4 rings (SSSR count). The first-order chi connectivity index (χ1) is 9.79. The van der Waals surface area contributed by atoms with Crippen LogP contribution in [-0.4, -0.2) is 14.6 Å². The molecule has 3 heterocycles. The van der Waals surface area contributed by atoms with Crippen LogP contribution < -0.4 is 0 Å². The van der Waals surface area contributed by atoms with E-state index in [-0.39, 0.29) is 5.82 Å². The highest BCUT2D eigenvalue weighted by molar-refractivity contribution is 5.84. The van der Waals surface area contributed by atoms with Gasteiger partial charge in [-0.2, -0.15) is 5.10 Å². The minimum Gasteiger partial charge on any atom is -0.256 e. The summed E-state index contributed by atoms with van der Waals surface area (Å²) in [5.41, 5.74) is 3.81. The molecule has 0 radical (unpaired) electrons. The molecule has 0 bridgehead atoms. The second-order valence-electron chi connectivity index (χ2n) is 4.68. The molecule has 4 aromatic rings. The number of benzene rings is 1. The minimum absolute atomic E-state index is 0.248. The summed E-state index contributed by atoms with van der Waals surface area (Å²) in [6.45, 7) is 0. The van der Waals surface area contributed by atoms with Crippen molar-refractivity contribution in [1.82, 2.24) is 14.6 Å². The first kappa shape index (κ1) is 11.1. The summed E-state index contributed by atoms with van der Waals surface area (Å²) in [6, 6.07) is 12.5. The number of fused-ring (bicyclic) bond motifs is 2. The molecule has 96 valence electrons. The lowest BCUT2D eigenvalue weighted by Crippen LogP contribution is -1.88. The number of hydrogen-bond acceptors (Lipinski definition) is 2. The summed E-state index contributed by atoms with van der Waals surface area (Å²) in [7, 11) is 0. The zero-order chi connectivity index (χ0) is 13.5. The van der Waals surface area contributed by atoms with Gasteiger partial charge in [-0.15, -0.1) is 0 Å². The molecule has 1 aromatic carbocycles. The van der Waals surface area contributed by atoms with Crippen molar-refractivity contribution in [3.8, 4) is 11.1 Å². The summed E-state index contributed by atoms with van der Waals surface area (Å²) in [6.07, 6.45) is 5.47. The molecule has 0 N–H and O–H groups in total. The third-order valence-electron chi connectivity index (χ3n) is 3.38. The van der Waals surface area contributed by atoms with Gasteiger partial charge >= 0.3 is 0 Å². The van der Waals surface area contributed by atoms with Crippen LogP contribution in [0, 0.1) is 5.82 Å². The van der Waals surface area contributed by atoms with Crippen molar-refractivity contribution in [2.45, 2.75) is 0 Å². The van der Waals surface area contributed by atoms with Crippen molar-refractivity contribution in [1.29, 1.82) is 0 Å². The van der Waals surface area contributed by atoms with Crippen molar-refractivity contribution in [3.05, 3.63) is 66.9 Å². The van der Waals surface area contributed by atoms with E-state index in [2.05, 4.69) is 10.1 Å². The monoisotopic (exact) mass is 263 g/mol. The first-order valence-electron chi connectivity index (χ1n) is 6.29. The number of aromatic nitrogens is 3. The van der Waals surface area contributed by atoms with Gasteiger partial charge in [0, 0.05) is 29.5 Å². The number of pyridine rings is 2. The fourth-order valence-electron chi connectivity index (χ4n) is 2.36. The van der Waals surface area contributed by atoms with E-state index in [1.807, 2.05) is 36.7 Å². The maximum atomic E-state index is 13.3. The average molecular weight is 263 g/mol. The Morgan fingerprint density at radius 3 is 2.85 bits per heavy atom. The van der Waals surface area contributed by atoms with Crippen LogP contribution in [0.25, 0.3) is 27.5 Å². The van der Waals surface area contributed by atoms with Crippen molar-refractivity contribution in [2.24, 2.45) is 0 Å². The van der Waals surface area contributed by atoms with E-state index < -0.39 is 0 Å². The smallest absolute Gasteiger partial charge is 0.123 e. The highest BCUT2D eigenvalue weighted by Crippen LogP contribution is 2.24. The summed E-state index contributed by atoms with van der Waals surface area (Å²) >= 11 is 0. The summed E-state index contributed by atoms with van der Waals surface area (Å²) in [4.78, 5) is 4.38. The maximum Gasteiger partial charge on any atom is 0.123 e. The summed E-state index contributed by atoms with van der Waals surface area (Å²) < 4.78 is 15.1. The predicted octanol–water partition coefficient (Wildman–Crippen LogP) is 3.69. The normalized spacial score (nSPS) is 11.2. The number of nitrogens with zero attached hydrogens (tertiary/aromatic N) is 3. The van der Waals surface area contributed by atoms with Crippen LogP contribution in [0.5, 0.6) is 0 Å². The number of rotatable bonds is 1. The van der Waals surface area contributed by atoms with Gasteiger partial charge in [0.05, 0.1) is 11.0 Å². The molecule has 20 heavy (non-hydrogen) atoms. The Kier molecular flexibility index (Phi) is 2.29. The number of hydrogen-bond donors (Lipinski definition) is 0. The SMILES string of the molecule is Fc1ccc2ncc(-c3ccn4nccc4c3)cc2c1. The van der Waals surface area contributed by atoms with Gasteiger partial charge in [-0.3, -0.25) is 4.98 Å². The van der Waals surface area contributed by atoms with E-state index >= 15 is 0 Å². The molecular formula is C16H10FN3. The Labute approximate surface area is 114 Å². The quantitative estimate of drug-likeness (QED) is 0.524. The van der Waals surface area contributed by atoms with E-state index in [0.717, 1.165) is 27.5 Å². The van der Waals surface area contributed by atoms with Crippen LogP contribution in [0.2, 0.25) is 0 Å². The molecule has 3 aromatic heterocycles. The zero-order valence-corrected chi connectivity index (χ0v) is 10.5. The van der Waals surface area contributed by atoms with Crippen LogP contribution in [0.4, 0.5) is 4.39 Å². The lowest BCUT2D eigenvalue weighted by atomic mass is 10.1. The standard InChI is InChI=1S/C16H10FN3/c17-14-1-2-16-12(8-14)7-13(10-18-16)11-4-6-20-15(9-11)3-5-19-20/h1-10H. The molecular weight excluding hydrogens is 253 g/mol. The van der Waals surface area contributed by atoms with Crippen molar-refractivity contribution >= 4 is 16.4 Å². The van der Waals surface area contributed by atoms with E-state index in [4.69, 9.17) is 0 Å². The molecule has 3 nitrogen and oxygen atoms in total. The third kappa shape index (κ3) is 1.73. The first-order valence-corrected chi connectivity index (χ1v) is 6.29. The predicted molar refractivity (Wildman–Crippen MR) is 75.9 cm³/mol. The van der Waals surface area contributed by atoms with Gasteiger partial charge in [-0.05, 0) is 48.0 Å². The van der Waals surface area contributed by atoms with Crippen molar-refractivity contribution < 1.29 is 4.39 Å². The zero-order valence-electron chi connectivity index (χ0n) is 10.5. The van der Waals surface area contributed by atoms with E-state index in [1.165, 1.54) is 12.1 Å².